The van der Waals surface area contributed by atoms with Crippen LogP contribution in [0.15, 0.2) is 101 Å². The zero-order valence-corrected chi connectivity index (χ0v) is 28.3. The largest absolute Gasteiger partial charge is 0.875 e. The number of hydrogen-bond acceptors (Lipinski definition) is 10. The highest BCUT2D eigenvalue weighted by atomic mass is 16.5. The number of aliphatic hydroxyl groups is 2. The number of nitrogens with zero attached hydrogens (tertiary/aromatic N) is 1. The van der Waals surface area contributed by atoms with Crippen LogP contribution in [0.5, 0.6) is 17.2 Å². The smallest absolute Gasteiger partial charge is 0.161 e. The molecule has 10 nitrogen and oxygen atoms in total. The van der Waals surface area contributed by atoms with Crippen molar-refractivity contribution in [2.24, 2.45) is 16.5 Å². The van der Waals surface area contributed by atoms with E-state index in [1.54, 1.807) is 48.7 Å². The Labute approximate surface area is 293 Å². The molecule has 0 bridgehead atoms. The number of aryl methyl sites for hydroxylation is 1. The molecule has 0 fully saturated rings. The lowest BCUT2D eigenvalue weighted by molar-refractivity contribution is -0.307. The first-order valence-corrected chi connectivity index (χ1v) is 17.1. The van der Waals surface area contributed by atoms with E-state index >= 15 is 0 Å². The molecule has 2 unspecified atom stereocenters. The Kier molecular flexibility index (Phi) is 14.8. The first-order valence-electron chi connectivity index (χ1n) is 17.1. The summed E-state index contributed by atoms with van der Waals surface area (Å²) < 4.78 is 5.96. The molecule has 50 heavy (non-hydrogen) atoms. The zero-order chi connectivity index (χ0) is 35.9. The van der Waals surface area contributed by atoms with Crippen molar-refractivity contribution < 1.29 is 35.1 Å². The number of phenolic OH excluding ortho intramolecular Hbond substituents is 2. The fourth-order valence-electron chi connectivity index (χ4n) is 5.74. The van der Waals surface area contributed by atoms with Crippen LogP contribution in [0.1, 0.15) is 84.8 Å². The lowest BCUT2D eigenvalue weighted by atomic mass is 9.85. The third-order valence-electron chi connectivity index (χ3n) is 8.71. The van der Waals surface area contributed by atoms with Crippen molar-refractivity contribution in [2.75, 3.05) is 13.2 Å². The molecule has 0 aromatic heterocycles. The average Bonchev–Trinajstić information content (AvgIpc) is 3.67. The fourth-order valence-corrected chi connectivity index (χ4v) is 5.74. The number of benzene rings is 3. The number of aliphatic hydroxyl groups excluding tert-OH is 2. The molecule has 1 aliphatic heterocycles. The zero-order valence-electron chi connectivity index (χ0n) is 28.3. The maximum Gasteiger partial charge on any atom is 0.161 e. The molecule has 2 atom stereocenters. The van der Waals surface area contributed by atoms with Gasteiger partial charge in [-0.05, 0) is 90.3 Å². The van der Waals surface area contributed by atoms with Crippen LogP contribution in [0, 0.1) is 0 Å². The van der Waals surface area contributed by atoms with Crippen molar-refractivity contribution in [1.82, 2.24) is 0 Å². The predicted octanol–water partition coefficient (Wildman–Crippen LogP) is 4.73. The molecule has 3 aromatic rings. The van der Waals surface area contributed by atoms with Gasteiger partial charge < -0.3 is 41.7 Å². The van der Waals surface area contributed by atoms with E-state index in [0.717, 1.165) is 47.9 Å². The maximum atomic E-state index is 13.2. The van der Waals surface area contributed by atoms with Gasteiger partial charge in [0, 0.05) is 36.7 Å². The third kappa shape index (κ3) is 11.7. The Balaban J connectivity index is 1.35. The van der Waals surface area contributed by atoms with E-state index in [1.807, 2.05) is 36.4 Å². The Morgan fingerprint density at radius 3 is 2.34 bits per heavy atom. The molecule has 1 aliphatic rings. The first kappa shape index (κ1) is 38.1. The van der Waals surface area contributed by atoms with Gasteiger partial charge in [-0.2, -0.15) is 0 Å². The molecule has 0 saturated carbocycles. The van der Waals surface area contributed by atoms with Gasteiger partial charge in [0.2, 0.25) is 0 Å². The van der Waals surface area contributed by atoms with E-state index in [-0.39, 0.29) is 42.7 Å². The molecule has 0 radical (unpaired) electrons. The van der Waals surface area contributed by atoms with Crippen LogP contribution < -0.4 is 21.3 Å². The second kappa shape index (κ2) is 19.4. The Morgan fingerprint density at radius 1 is 0.920 bits per heavy atom. The lowest BCUT2D eigenvalue weighted by Gasteiger charge is -2.25. The van der Waals surface area contributed by atoms with Crippen LogP contribution in [0.2, 0.25) is 0 Å². The summed E-state index contributed by atoms with van der Waals surface area (Å²) in [5, 5.41) is 52.8. The number of nitrogens with two attached hydrogens (primary N) is 2. The highest BCUT2D eigenvalue weighted by Crippen LogP contribution is 2.37. The summed E-state index contributed by atoms with van der Waals surface area (Å²) in [6.07, 6.45) is 12.4. The van der Waals surface area contributed by atoms with Crippen molar-refractivity contribution in [2.45, 2.75) is 76.0 Å². The number of hydrogen-bond donors (Lipinski definition) is 6. The summed E-state index contributed by atoms with van der Waals surface area (Å²) in [4.78, 5) is 16.4. The quantitative estimate of drug-likeness (QED) is 0.0423. The van der Waals surface area contributed by atoms with Gasteiger partial charge in [-0.25, -0.2) is 0 Å². The van der Waals surface area contributed by atoms with Gasteiger partial charge in [-0.1, -0.05) is 61.4 Å². The van der Waals surface area contributed by atoms with E-state index < -0.39 is 18.2 Å². The first-order chi connectivity index (χ1) is 24.1. The molecule has 4 rings (SSSR count). The van der Waals surface area contributed by atoms with Crippen molar-refractivity contribution in [1.29, 1.82) is 0 Å². The summed E-state index contributed by atoms with van der Waals surface area (Å²) in [6, 6.07) is 17.7. The van der Waals surface area contributed by atoms with Gasteiger partial charge in [0.15, 0.2) is 17.3 Å². The fraction of sp³-hybridized carbons (Fsp3) is 0.350. The van der Waals surface area contributed by atoms with Crippen molar-refractivity contribution >= 4 is 12.0 Å². The van der Waals surface area contributed by atoms with E-state index in [0.29, 0.717) is 42.6 Å². The number of allylic oxidation sites excluding steroid dienone is 5. The number of carbonyl (C=O) groups excluding carboxylic acids is 1. The van der Waals surface area contributed by atoms with Crippen molar-refractivity contribution in [3.63, 3.8) is 0 Å². The minimum Gasteiger partial charge on any atom is -0.875 e. The number of aromatic hydroxyl groups is 2. The van der Waals surface area contributed by atoms with Gasteiger partial charge in [0.05, 0.1) is 25.5 Å². The van der Waals surface area contributed by atoms with Crippen molar-refractivity contribution in [3.05, 3.63) is 124 Å². The van der Waals surface area contributed by atoms with E-state index in [1.165, 1.54) is 6.21 Å². The molecular weight excluding hydrogens is 634 g/mol. The number of ketones is 1. The monoisotopic (exact) mass is 682 g/mol. The van der Waals surface area contributed by atoms with Gasteiger partial charge in [0.25, 0.3) is 0 Å². The van der Waals surface area contributed by atoms with Crippen LogP contribution in [-0.2, 0) is 17.6 Å². The van der Waals surface area contributed by atoms with E-state index in [4.69, 9.17) is 21.3 Å². The topological polar surface area (TPSA) is 195 Å². The number of unbranched alkanes of at least 4 members (excludes halogenated alkanes) is 3. The van der Waals surface area contributed by atoms with E-state index in [9.17, 15) is 25.2 Å². The van der Waals surface area contributed by atoms with E-state index in [2.05, 4.69) is 4.99 Å². The van der Waals surface area contributed by atoms with Gasteiger partial charge in [-0.15, -0.1) is 5.76 Å². The number of ether oxygens (including phenoxy) is 1. The van der Waals surface area contributed by atoms with Gasteiger partial charge in [-0.3, -0.25) is 9.79 Å². The molecule has 0 aliphatic carbocycles. The standard InChI is InChI=1S/C40H49N3O7/c41-40(42)30-13-11-29(12-14-30)34(24-38(49)31-18-20-43-25-31)35-22-28(9-16-36(35)47)19-21-50-39-23-27(10-17-37(39)48)8-15-32(45)6-4-2-1-3-5-7-33(46)26-44/h4,6,9-14,16-18,20,22-23,25,33-34,40,44,46-49H,1-3,5,7-8,15,19,21,24,26,41-42H2/p-1. The van der Waals surface area contributed by atoms with Crippen LogP contribution in [0.4, 0.5) is 0 Å². The summed E-state index contributed by atoms with van der Waals surface area (Å²) in [5.41, 5.74) is 16.1. The molecule has 266 valence electrons. The summed E-state index contributed by atoms with van der Waals surface area (Å²) in [7, 11) is 0. The predicted molar refractivity (Wildman–Crippen MR) is 193 cm³/mol. The SMILES string of the molecule is NC(N)c1ccc(C(CC([O-])=C2C=CN=C2)c2cc(CCOc3cc(CCC(=O)C=CCCCCCC(O)CO)ccc3O)ccc2O)cc1. The van der Waals surface area contributed by atoms with Crippen LogP contribution >= 0.6 is 0 Å². The minimum atomic E-state index is -0.657. The van der Waals surface area contributed by atoms with Gasteiger partial charge in [0.1, 0.15) is 5.75 Å². The second-order valence-corrected chi connectivity index (χ2v) is 12.6. The van der Waals surface area contributed by atoms with Crippen LogP contribution in [0.25, 0.3) is 0 Å². The summed E-state index contributed by atoms with van der Waals surface area (Å²) in [6.45, 7) is 0.0296. The van der Waals surface area contributed by atoms with Crippen LogP contribution in [-0.4, -0.2) is 51.7 Å². The molecule has 3 aromatic carbocycles. The van der Waals surface area contributed by atoms with Crippen molar-refractivity contribution in [3.8, 4) is 17.2 Å². The molecule has 0 spiro atoms. The molecule has 1 heterocycles. The molecule has 10 heteroatoms. The number of carbonyl (C=O) groups is 1. The number of phenols is 2. The summed E-state index contributed by atoms with van der Waals surface area (Å²) in [5.74, 6) is -0.143. The number of rotatable bonds is 20. The average molecular weight is 683 g/mol. The molecule has 0 amide bonds. The summed E-state index contributed by atoms with van der Waals surface area (Å²) >= 11 is 0. The molecular formula is C40H48N3O7-. The number of aliphatic imine (C=N–C) groups is 1. The van der Waals surface area contributed by atoms with Gasteiger partial charge >= 0.3 is 0 Å². The normalized spacial score (nSPS) is 14.8. The minimum absolute atomic E-state index is 0.000836. The molecule has 8 N–H and O–H groups in total. The Morgan fingerprint density at radius 2 is 1.64 bits per heavy atom. The Hall–Kier alpha value is -4.74. The molecule has 0 saturated heterocycles. The third-order valence-corrected chi connectivity index (χ3v) is 8.71. The second-order valence-electron chi connectivity index (χ2n) is 12.6. The highest BCUT2D eigenvalue weighted by Gasteiger charge is 2.20. The van der Waals surface area contributed by atoms with Crippen LogP contribution in [0.3, 0.4) is 0 Å². The maximum absolute atomic E-state index is 13.2. The highest BCUT2D eigenvalue weighted by molar-refractivity contribution is 5.89. The Bertz CT molecular complexity index is 1660. The lowest BCUT2D eigenvalue weighted by Crippen LogP contribution is -2.20.